The molecule has 1 fully saturated rings. The molecule has 0 bridgehead atoms. The Morgan fingerprint density at radius 1 is 1.06 bits per heavy atom. The number of ether oxygens (including phenoxy) is 2. The molecule has 0 spiro atoms. The molecule has 1 heterocycles. The van der Waals surface area contributed by atoms with E-state index in [9.17, 15) is 4.39 Å². The van der Waals surface area contributed by atoms with Gasteiger partial charge >= 0.3 is 0 Å². The van der Waals surface area contributed by atoms with Gasteiger partial charge in [0.1, 0.15) is 5.82 Å². The highest BCUT2D eigenvalue weighted by Crippen LogP contribution is 2.14. The number of aliphatic imine (C=N–C) groups is 1. The fourth-order valence-corrected chi connectivity index (χ4v) is 3.36. The molecule has 3 rings (SSSR count). The highest BCUT2D eigenvalue weighted by molar-refractivity contribution is 14.0. The second kappa shape index (κ2) is 14.4. The Labute approximate surface area is 201 Å². The number of halogens is 2. The average molecular weight is 541 g/mol. The Kier molecular flexibility index (Phi) is 11.8. The van der Waals surface area contributed by atoms with E-state index in [0.717, 1.165) is 62.7 Å². The van der Waals surface area contributed by atoms with Crippen molar-refractivity contribution in [2.45, 2.75) is 45.4 Å². The molecule has 0 saturated carbocycles. The van der Waals surface area contributed by atoms with E-state index in [1.165, 1.54) is 17.7 Å². The molecule has 170 valence electrons. The maximum atomic E-state index is 13.0. The summed E-state index contributed by atoms with van der Waals surface area (Å²) in [5, 5.41) is 6.62. The minimum atomic E-state index is -0.206. The molecule has 1 saturated heterocycles. The van der Waals surface area contributed by atoms with Gasteiger partial charge in [-0.1, -0.05) is 36.4 Å². The molecule has 0 radical (unpaired) electrons. The zero-order valence-electron chi connectivity index (χ0n) is 18.1. The molecule has 0 amide bonds. The maximum absolute atomic E-state index is 13.0. The van der Waals surface area contributed by atoms with Crippen LogP contribution >= 0.6 is 24.0 Å². The largest absolute Gasteiger partial charge is 0.381 e. The van der Waals surface area contributed by atoms with Crippen molar-refractivity contribution in [3.8, 4) is 0 Å². The van der Waals surface area contributed by atoms with Crippen LogP contribution in [0.5, 0.6) is 0 Å². The van der Waals surface area contributed by atoms with Crippen LogP contribution in [-0.4, -0.2) is 38.4 Å². The van der Waals surface area contributed by atoms with E-state index in [2.05, 4.69) is 34.9 Å². The first-order valence-electron chi connectivity index (χ1n) is 10.8. The minimum Gasteiger partial charge on any atom is -0.381 e. The number of hydrogen-bond donors (Lipinski definition) is 2. The third-order valence-corrected chi connectivity index (χ3v) is 5.03. The van der Waals surface area contributed by atoms with Gasteiger partial charge in [0.05, 0.1) is 19.3 Å². The van der Waals surface area contributed by atoms with Crippen LogP contribution in [0.4, 0.5) is 4.39 Å². The standard InChI is InChI=1S/C24H32FN3O2.HI/c1-2-26-24(27-13-10-19-6-8-22(25)9-7-19)28-17-20-4-3-5-21(16-20)18-30-23-11-14-29-15-12-23;/h3-9,16,23H,2,10-15,17-18H2,1H3,(H2,26,27,28);1H. The van der Waals surface area contributed by atoms with Gasteiger partial charge in [-0.15, -0.1) is 24.0 Å². The summed E-state index contributed by atoms with van der Waals surface area (Å²) in [7, 11) is 0. The van der Waals surface area contributed by atoms with Crippen molar-refractivity contribution in [3.05, 3.63) is 71.0 Å². The van der Waals surface area contributed by atoms with Crippen LogP contribution < -0.4 is 10.6 Å². The predicted octanol–water partition coefficient (Wildman–Crippen LogP) is 4.44. The Morgan fingerprint density at radius 2 is 1.81 bits per heavy atom. The quantitative estimate of drug-likeness (QED) is 0.280. The van der Waals surface area contributed by atoms with Gasteiger partial charge in [0.2, 0.25) is 0 Å². The number of nitrogens with one attached hydrogen (secondary N) is 2. The van der Waals surface area contributed by atoms with Gasteiger partial charge in [-0.25, -0.2) is 9.38 Å². The van der Waals surface area contributed by atoms with Gasteiger partial charge in [0.25, 0.3) is 0 Å². The molecule has 1 aliphatic rings. The summed E-state index contributed by atoms with van der Waals surface area (Å²) in [5.41, 5.74) is 3.42. The molecule has 0 atom stereocenters. The van der Waals surface area contributed by atoms with Crippen molar-refractivity contribution in [2.75, 3.05) is 26.3 Å². The first-order chi connectivity index (χ1) is 14.7. The van der Waals surface area contributed by atoms with Crippen LogP contribution in [0.15, 0.2) is 53.5 Å². The fourth-order valence-electron chi connectivity index (χ4n) is 3.36. The molecular formula is C24H33FIN3O2. The highest BCUT2D eigenvalue weighted by atomic mass is 127. The first kappa shape index (κ1) is 25.5. The topological polar surface area (TPSA) is 54.9 Å². The molecule has 2 aromatic carbocycles. The number of rotatable bonds is 9. The van der Waals surface area contributed by atoms with Crippen molar-refractivity contribution in [1.82, 2.24) is 10.6 Å². The van der Waals surface area contributed by atoms with Crippen LogP contribution in [0, 0.1) is 5.82 Å². The molecular weight excluding hydrogens is 508 g/mol. The summed E-state index contributed by atoms with van der Waals surface area (Å²) < 4.78 is 24.4. The zero-order chi connectivity index (χ0) is 21.0. The van der Waals surface area contributed by atoms with Crippen LogP contribution in [0.2, 0.25) is 0 Å². The SMILES string of the molecule is CCNC(=NCc1cccc(COC2CCOCC2)c1)NCCc1ccc(F)cc1.I. The van der Waals surface area contributed by atoms with E-state index in [1.54, 1.807) is 0 Å². The van der Waals surface area contributed by atoms with E-state index in [4.69, 9.17) is 14.5 Å². The zero-order valence-corrected chi connectivity index (χ0v) is 20.4. The number of hydrogen-bond acceptors (Lipinski definition) is 3. The number of nitrogens with zero attached hydrogens (tertiary/aromatic N) is 1. The number of benzene rings is 2. The van der Waals surface area contributed by atoms with E-state index < -0.39 is 0 Å². The maximum Gasteiger partial charge on any atom is 0.191 e. The molecule has 2 N–H and O–H groups in total. The van der Waals surface area contributed by atoms with Crippen LogP contribution in [0.3, 0.4) is 0 Å². The summed E-state index contributed by atoms with van der Waals surface area (Å²) in [6.45, 7) is 6.38. The predicted molar refractivity (Wildman–Crippen MR) is 133 cm³/mol. The summed E-state index contributed by atoms with van der Waals surface area (Å²) >= 11 is 0. The van der Waals surface area contributed by atoms with E-state index in [0.29, 0.717) is 19.3 Å². The molecule has 31 heavy (non-hydrogen) atoms. The van der Waals surface area contributed by atoms with E-state index in [1.807, 2.05) is 19.1 Å². The van der Waals surface area contributed by atoms with Crippen molar-refractivity contribution in [1.29, 1.82) is 0 Å². The Hall–Kier alpha value is -1.71. The van der Waals surface area contributed by atoms with E-state index in [-0.39, 0.29) is 29.8 Å². The molecule has 2 aromatic rings. The third-order valence-electron chi connectivity index (χ3n) is 5.03. The van der Waals surface area contributed by atoms with Gasteiger partial charge in [-0.05, 0) is 55.0 Å². The average Bonchev–Trinajstić information content (AvgIpc) is 2.78. The van der Waals surface area contributed by atoms with Gasteiger partial charge in [-0.3, -0.25) is 0 Å². The minimum absolute atomic E-state index is 0. The van der Waals surface area contributed by atoms with Crippen molar-refractivity contribution >= 4 is 29.9 Å². The summed E-state index contributed by atoms with van der Waals surface area (Å²) in [6, 6.07) is 15.0. The van der Waals surface area contributed by atoms with E-state index >= 15 is 0 Å². The van der Waals surface area contributed by atoms with Gasteiger partial charge < -0.3 is 20.1 Å². The monoisotopic (exact) mass is 541 g/mol. The lowest BCUT2D eigenvalue weighted by atomic mass is 10.1. The smallest absolute Gasteiger partial charge is 0.191 e. The Bertz CT molecular complexity index is 796. The van der Waals surface area contributed by atoms with Gasteiger partial charge in [0, 0.05) is 26.3 Å². The number of guanidine groups is 1. The van der Waals surface area contributed by atoms with Crippen LogP contribution in [0.1, 0.15) is 36.5 Å². The highest BCUT2D eigenvalue weighted by Gasteiger charge is 2.14. The van der Waals surface area contributed by atoms with Crippen molar-refractivity contribution in [3.63, 3.8) is 0 Å². The van der Waals surface area contributed by atoms with Crippen molar-refractivity contribution < 1.29 is 13.9 Å². The summed E-state index contributed by atoms with van der Waals surface area (Å²) in [5.74, 6) is 0.575. The fraction of sp³-hybridized carbons (Fsp3) is 0.458. The van der Waals surface area contributed by atoms with Crippen LogP contribution in [0.25, 0.3) is 0 Å². The first-order valence-corrected chi connectivity index (χ1v) is 10.8. The third kappa shape index (κ3) is 9.53. The molecule has 0 aromatic heterocycles. The van der Waals surface area contributed by atoms with Crippen molar-refractivity contribution in [2.24, 2.45) is 4.99 Å². The molecule has 0 aliphatic carbocycles. The van der Waals surface area contributed by atoms with Gasteiger partial charge in [0.15, 0.2) is 5.96 Å². The molecule has 0 unspecified atom stereocenters. The summed E-state index contributed by atoms with van der Waals surface area (Å²) in [4.78, 5) is 4.70. The Morgan fingerprint density at radius 3 is 2.55 bits per heavy atom. The lowest BCUT2D eigenvalue weighted by molar-refractivity contribution is -0.0390. The normalized spacial score (nSPS) is 14.7. The second-order valence-corrected chi connectivity index (χ2v) is 7.44. The lowest BCUT2D eigenvalue weighted by Gasteiger charge is -2.22. The molecule has 7 heteroatoms. The van der Waals surface area contributed by atoms with Crippen LogP contribution in [-0.2, 0) is 29.0 Å². The molecule has 5 nitrogen and oxygen atoms in total. The second-order valence-electron chi connectivity index (χ2n) is 7.44. The van der Waals surface area contributed by atoms with Gasteiger partial charge in [-0.2, -0.15) is 0 Å². The Balaban J connectivity index is 0.00000341. The summed E-state index contributed by atoms with van der Waals surface area (Å²) in [6.07, 6.45) is 3.05. The molecule has 1 aliphatic heterocycles. The lowest BCUT2D eigenvalue weighted by Crippen LogP contribution is -2.38.